The van der Waals surface area contributed by atoms with Gasteiger partial charge in [-0.15, -0.1) is 6.58 Å². The number of sulfonamides is 1. The van der Waals surface area contributed by atoms with E-state index >= 15 is 0 Å². The zero-order chi connectivity index (χ0) is 18.7. The van der Waals surface area contributed by atoms with Crippen molar-refractivity contribution in [1.29, 1.82) is 0 Å². The lowest BCUT2D eigenvalue weighted by molar-refractivity contribution is -0.137. The maximum Gasteiger partial charge on any atom is 0.416 e. The van der Waals surface area contributed by atoms with Gasteiger partial charge in [0, 0.05) is 13.1 Å². The Hall–Kier alpha value is -2.19. The Labute approximate surface area is 143 Å². The lowest BCUT2D eigenvalue weighted by atomic mass is 10.2. The lowest BCUT2D eigenvalue weighted by Gasteiger charge is -2.21. The molecule has 0 radical (unpaired) electrons. The summed E-state index contributed by atoms with van der Waals surface area (Å²) in [5.74, 6) is -0.472. The van der Waals surface area contributed by atoms with Crippen molar-refractivity contribution in [1.82, 2.24) is 4.31 Å². The van der Waals surface area contributed by atoms with E-state index in [9.17, 15) is 26.0 Å². The number of rotatable bonds is 6. The fourth-order valence-electron chi connectivity index (χ4n) is 2.17. The number of alkyl halides is 3. The first-order chi connectivity index (χ1) is 11.6. The number of benzene rings is 2. The number of hydrogen-bond donors (Lipinski definition) is 0. The van der Waals surface area contributed by atoms with Crippen molar-refractivity contribution in [2.45, 2.75) is 17.6 Å². The fraction of sp³-hybridized carbons (Fsp3) is 0.176. The van der Waals surface area contributed by atoms with Crippen LogP contribution in [0, 0.1) is 5.82 Å². The Morgan fingerprint density at radius 2 is 1.72 bits per heavy atom. The molecule has 0 aliphatic heterocycles. The largest absolute Gasteiger partial charge is 0.416 e. The third-order valence-electron chi connectivity index (χ3n) is 3.40. The third-order valence-corrected chi connectivity index (χ3v) is 5.21. The van der Waals surface area contributed by atoms with Crippen LogP contribution in [0.1, 0.15) is 11.1 Å². The molecule has 134 valence electrons. The highest BCUT2D eigenvalue weighted by Gasteiger charge is 2.32. The number of nitrogens with zero attached hydrogens (tertiary/aromatic N) is 1. The second-order valence-corrected chi connectivity index (χ2v) is 7.18. The van der Waals surface area contributed by atoms with Crippen LogP contribution in [0.25, 0.3) is 0 Å². The third kappa shape index (κ3) is 4.67. The molecule has 25 heavy (non-hydrogen) atoms. The van der Waals surface area contributed by atoms with Gasteiger partial charge in [-0.05, 0) is 35.9 Å². The molecular formula is C17H15F4NO2S. The van der Waals surface area contributed by atoms with E-state index in [0.717, 1.165) is 22.5 Å². The quantitative estimate of drug-likeness (QED) is 0.562. The van der Waals surface area contributed by atoms with Crippen LogP contribution in [0.3, 0.4) is 0 Å². The van der Waals surface area contributed by atoms with Gasteiger partial charge in [0.1, 0.15) is 5.82 Å². The van der Waals surface area contributed by atoms with Crippen LogP contribution in [0.2, 0.25) is 0 Å². The van der Waals surface area contributed by atoms with Crippen LogP contribution in [0.15, 0.2) is 66.1 Å². The van der Waals surface area contributed by atoms with Crippen molar-refractivity contribution in [2.24, 2.45) is 0 Å². The molecule has 0 aliphatic carbocycles. The van der Waals surface area contributed by atoms with Gasteiger partial charge in [-0.3, -0.25) is 0 Å². The van der Waals surface area contributed by atoms with Crippen molar-refractivity contribution >= 4 is 10.0 Å². The van der Waals surface area contributed by atoms with Gasteiger partial charge in [-0.1, -0.05) is 24.3 Å². The first-order valence-electron chi connectivity index (χ1n) is 7.17. The highest BCUT2D eigenvalue weighted by Crippen LogP contribution is 2.31. The molecule has 0 bridgehead atoms. The standard InChI is InChI=1S/C17H15F4NO2S/c1-2-10-22(12-13-6-8-15(18)9-7-13)25(23,24)16-5-3-4-14(11-16)17(19,20)21/h2-9,11H,1,10,12H2. The minimum absolute atomic E-state index is 0.101. The first kappa shape index (κ1) is 19.1. The van der Waals surface area contributed by atoms with Crippen molar-refractivity contribution < 1.29 is 26.0 Å². The van der Waals surface area contributed by atoms with Crippen LogP contribution < -0.4 is 0 Å². The summed E-state index contributed by atoms with van der Waals surface area (Å²) < 4.78 is 77.9. The summed E-state index contributed by atoms with van der Waals surface area (Å²) in [6, 6.07) is 8.72. The van der Waals surface area contributed by atoms with E-state index in [2.05, 4.69) is 6.58 Å². The monoisotopic (exact) mass is 373 g/mol. The number of halogens is 4. The van der Waals surface area contributed by atoms with Crippen molar-refractivity contribution in [3.8, 4) is 0 Å². The zero-order valence-electron chi connectivity index (χ0n) is 13.0. The summed E-state index contributed by atoms with van der Waals surface area (Å²) in [6.45, 7) is 3.25. The summed E-state index contributed by atoms with van der Waals surface area (Å²) in [6.07, 6.45) is -3.32. The summed E-state index contributed by atoms with van der Waals surface area (Å²) >= 11 is 0. The van der Waals surface area contributed by atoms with Gasteiger partial charge in [0.25, 0.3) is 0 Å². The van der Waals surface area contributed by atoms with Crippen LogP contribution in [0.4, 0.5) is 17.6 Å². The molecule has 2 rings (SSSR count). The molecule has 0 aliphatic rings. The minimum atomic E-state index is -4.65. The van der Waals surface area contributed by atoms with Crippen molar-refractivity contribution in [2.75, 3.05) is 6.54 Å². The Kier molecular flexibility index (Phi) is 5.64. The van der Waals surface area contributed by atoms with Gasteiger partial charge in [0.15, 0.2) is 0 Å². The van der Waals surface area contributed by atoms with Gasteiger partial charge in [0.05, 0.1) is 10.5 Å². The van der Waals surface area contributed by atoms with Gasteiger partial charge in [-0.2, -0.15) is 17.5 Å². The highest BCUT2D eigenvalue weighted by molar-refractivity contribution is 7.89. The summed E-state index contributed by atoms with van der Waals surface area (Å²) in [4.78, 5) is -0.466. The molecule has 0 amide bonds. The fourth-order valence-corrected chi connectivity index (χ4v) is 3.61. The smallest absolute Gasteiger partial charge is 0.207 e. The molecule has 0 heterocycles. The summed E-state index contributed by atoms with van der Waals surface area (Å²) in [5.41, 5.74) is -0.548. The SMILES string of the molecule is C=CCN(Cc1ccc(F)cc1)S(=O)(=O)c1cccc(C(F)(F)F)c1. The maximum atomic E-state index is 13.0. The van der Waals surface area contributed by atoms with Crippen LogP contribution in [-0.2, 0) is 22.7 Å². The van der Waals surface area contributed by atoms with E-state index in [1.165, 1.54) is 30.3 Å². The predicted molar refractivity (Wildman–Crippen MR) is 85.6 cm³/mol. The van der Waals surface area contributed by atoms with Crippen LogP contribution in [-0.4, -0.2) is 19.3 Å². The molecular weight excluding hydrogens is 358 g/mol. The molecule has 0 fully saturated rings. The van der Waals surface area contributed by atoms with E-state index in [1.807, 2.05) is 0 Å². The molecule has 0 saturated heterocycles. The summed E-state index contributed by atoms with van der Waals surface area (Å²) in [7, 11) is -4.19. The average molecular weight is 373 g/mol. The second-order valence-electron chi connectivity index (χ2n) is 5.24. The van der Waals surface area contributed by atoms with Gasteiger partial charge < -0.3 is 0 Å². The molecule has 2 aromatic carbocycles. The maximum absolute atomic E-state index is 13.0. The highest BCUT2D eigenvalue weighted by atomic mass is 32.2. The normalized spacial score (nSPS) is 12.4. The zero-order valence-corrected chi connectivity index (χ0v) is 13.8. The van der Waals surface area contributed by atoms with Gasteiger partial charge in [0.2, 0.25) is 10.0 Å². The molecule has 0 unspecified atom stereocenters. The second kappa shape index (κ2) is 7.37. The minimum Gasteiger partial charge on any atom is -0.207 e. The molecule has 8 heteroatoms. The molecule has 2 aromatic rings. The van der Waals surface area contributed by atoms with Crippen molar-refractivity contribution in [3.63, 3.8) is 0 Å². The molecule has 0 saturated carbocycles. The number of hydrogen-bond acceptors (Lipinski definition) is 2. The lowest BCUT2D eigenvalue weighted by Crippen LogP contribution is -2.31. The topological polar surface area (TPSA) is 37.4 Å². The van der Waals surface area contributed by atoms with E-state index in [1.54, 1.807) is 0 Å². The molecule has 3 nitrogen and oxygen atoms in total. The van der Waals surface area contributed by atoms with Crippen LogP contribution in [0.5, 0.6) is 0 Å². The van der Waals surface area contributed by atoms with Crippen molar-refractivity contribution in [3.05, 3.63) is 78.1 Å². The Bertz CT molecular complexity index is 846. The Morgan fingerprint density at radius 1 is 1.08 bits per heavy atom. The Morgan fingerprint density at radius 3 is 2.28 bits per heavy atom. The van der Waals surface area contributed by atoms with E-state index in [-0.39, 0.29) is 13.1 Å². The predicted octanol–water partition coefficient (Wildman–Crippen LogP) is 4.22. The van der Waals surface area contributed by atoms with Gasteiger partial charge in [-0.25, -0.2) is 12.8 Å². The Balaban J connectivity index is 2.39. The molecule has 0 aromatic heterocycles. The van der Waals surface area contributed by atoms with E-state index in [4.69, 9.17) is 0 Å². The van der Waals surface area contributed by atoms with Crippen LogP contribution >= 0.6 is 0 Å². The molecule has 0 N–H and O–H groups in total. The average Bonchev–Trinajstić information content (AvgIpc) is 2.55. The molecule has 0 atom stereocenters. The molecule has 0 spiro atoms. The summed E-state index contributed by atoms with van der Waals surface area (Å²) in [5, 5.41) is 0. The van der Waals surface area contributed by atoms with E-state index < -0.39 is 32.5 Å². The van der Waals surface area contributed by atoms with Gasteiger partial charge >= 0.3 is 6.18 Å². The first-order valence-corrected chi connectivity index (χ1v) is 8.61. The van der Waals surface area contributed by atoms with E-state index in [0.29, 0.717) is 11.6 Å².